The van der Waals surface area contributed by atoms with Crippen molar-refractivity contribution in [3.05, 3.63) is 77.4 Å². The quantitative estimate of drug-likeness (QED) is 0.464. The summed E-state index contributed by atoms with van der Waals surface area (Å²) in [5.74, 6) is 0.167. The van der Waals surface area contributed by atoms with Gasteiger partial charge in [0.2, 0.25) is 12.7 Å². The topological polar surface area (TPSA) is 102 Å². The standard InChI is InChI=1S/C26H26N2O6S/c1-17-4-8-20(9-5-17)28(35(31,32)21-10-6-18(2)7-11-21)13-12-26(30)27-23-15-25-24(33-16-34-25)14-22(23)19(3)29/h4-11,14-15H,12-13,16H2,1-3H3,(H,27,30). The zero-order valence-corrected chi connectivity index (χ0v) is 20.5. The van der Waals surface area contributed by atoms with E-state index in [1.807, 2.05) is 26.0 Å². The number of aryl methyl sites for hydroxylation is 2. The highest BCUT2D eigenvalue weighted by molar-refractivity contribution is 7.92. The number of rotatable bonds is 8. The summed E-state index contributed by atoms with van der Waals surface area (Å²) < 4.78 is 38.9. The molecule has 0 saturated heterocycles. The third kappa shape index (κ3) is 5.30. The Morgan fingerprint density at radius 3 is 2.09 bits per heavy atom. The largest absolute Gasteiger partial charge is 0.454 e. The molecule has 8 nitrogen and oxygen atoms in total. The molecule has 182 valence electrons. The molecule has 0 aliphatic carbocycles. The minimum atomic E-state index is -3.92. The lowest BCUT2D eigenvalue weighted by Crippen LogP contribution is -2.34. The number of anilines is 2. The average Bonchev–Trinajstić information content (AvgIpc) is 3.27. The zero-order chi connectivity index (χ0) is 25.2. The number of benzene rings is 3. The van der Waals surface area contributed by atoms with Gasteiger partial charge in [-0.25, -0.2) is 8.42 Å². The van der Waals surface area contributed by atoms with Crippen LogP contribution in [0.25, 0.3) is 0 Å². The monoisotopic (exact) mass is 494 g/mol. The molecule has 3 aromatic rings. The van der Waals surface area contributed by atoms with E-state index in [-0.39, 0.29) is 41.7 Å². The Morgan fingerprint density at radius 2 is 1.49 bits per heavy atom. The molecule has 1 heterocycles. The first kappa shape index (κ1) is 24.3. The molecular formula is C26H26N2O6S. The van der Waals surface area contributed by atoms with E-state index in [0.29, 0.717) is 17.2 Å². The van der Waals surface area contributed by atoms with Gasteiger partial charge in [-0.3, -0.25) is 13.9 Å². The van der Waals surface area contributed by atoms with Crippen LogP contribution in [0.4, 0.5) is 11.4 Å². The molecule has 0 aromatic heterocycles. The van der Waals surface area contributed by atoms with Crippen molar-refractivity contribution in [2.45, 2.75) is 32.1 Å². The Labute approximate surface area is 204 Å². The van der Waals surface area contributed by atoms with Gasteiger partial charge in [0.15, 0.2) is 17.3 Å². The van der Waals surface area contributed by atoms with E-state index in [0.717, 1.165) is 11.1 Å². The number of ketones is 1. The van der Waals surface area contributed by atoms with E-state index >= 15 is 0 Å². The van der Waals surface area contributed by atoms with Gasteiger partial charge in [-0.05, 0) is 51.1 Å². The second kappa shape index (κ2) is 9.79. The molecular weight excluding hydrogens is 468 g/mol. The number of ether oxygens (including phenoxy) is 2. The molecule has 0 radical (unpaired) electrons. The third-order valence-electron chi connectivity index (χ3n) is 5.64. The molecule has 1 N–H and O–H groups in total. The smallest absolute Gasteiger partial charge is 0.264 e. The highest BCUT2D eigenvalue weighted by Gasteiger charge is 2.26. The maximum Gasteiger partial charge on any atom is 0.264 e. The maximum atomic E-state index is 13.5. The van der Waals surface area contributed by atoms with E-state index in [1.54, 1.807) is 36.4 Å². The molecule has 0 saturated carbocycles. The zero-order valence-electron chi connectivity index (χ0n) is 19.7. The van der Waals surface area contributed by atoms with Gasteiger partial charge in [0, 0.05) is 24.6 Å². The van der Waals surface area contributed by atoms with E-state index in [2.05, 4.69) is 5.32 Å². The van der Waals surface area contributed by atoms with Crippen LogP contribution in [0.1, 0.15) is 34.8 Å². The molecule has 4 rings (SSSR count). The van der Waals surface area contributed by atoms with Crippen LogP contribution in [-0.2, 0) is 14.8 Å². The summed E-state index contributed by atoms with van der Waals surface area (Å²) >= 11 is 0. The molecule has 0 unspecified atom stereocenters. The summed E-state index contributed by atoms with van der Waals surface area (Å²) in [4.78, 5) is 25.1. The Balaban J connectivity index is 1.58. The number of Topliss-reactive ketones (excluding diaryl/α,β-unsaturated/α-hetero) is 1. The fourth-order valence-corrected chi connectivity index (χ4v) is 5.15. The molecule has 9 heteroatoms. The number of nitrogens with one attached hydrogen (secondary N) is 1. The highest BCUT2D eigenvalue weighted by atomic mass is 32.2. The number of hydrogen-bond acceptors (Lipinski definition) is 6. The summed E-state index contributed by atoms with van der Waals surface area (Å²) in [6.45, 7) is 5.12. The predicted molar refractivity (Wildman–Crippen MR) is 133 cm³/mol. The first-order valence-electron chi connectivity index (χ1n) is 11.1. The molecule has 0 atom stereocenters. The Hall–Kier alpha value is -3.85. The van der Waals surface area contributed by atoms with Crippen LogP contribution in [0.3, 0.4) is 0 Å². The lowest BCUT2D eigenvalue weighted by Gasteiger charge is -2.25. The fourth-order valence-electron chi connectivity index (χ4n) is 3.69. The molecule has 0 bridgehead atoms. The van der Waals surface area contributed by atoms with Crippen molar-refractivity contribution in [3.63, 3.8) is 0 Å². The molecule has 0 fully saturated rings. The van der Waals surface area contributed by atoms with Crippen molar-refractivity contribution in [3.8, 4) is 11.5 Å². The van der Waals surface area contributed by atoms with E-state index < -0.39 is 15.9 Å². The van der Waals surface area contributed by atoms with Crippen molar-refractivity contribution >= 4 is 33.1 Å². The van der Waals surface area contributed by atoms with Gasteiger partial charge in [-0.15, -0.1) is 0 Å². The van der Waals surface area contributed by atoms with Gasteiger partial charge in [-0.1, -0.05) is 35.4 Å². The molecule has 1 aliphatic heterocycles. The second-order valence-electron chi connectivity index (χ2n) is 8.33. The highest BCUT2D eigenvalue weighted by Crippen LogP contribution is 2.37. The predicted octanol–water partition coefficient (Wildman–Crippen LogP) is 4.46. The van der Waals surface area contributed by atoms with Crippen molar-refractivity contribution < 1.29 is 27.5 Å². The summed E-state index contributed by atoms with van der Waals surface area (Å²) in [5.41, 5.74) is 2.95. The van der Waals surface area contributed by atoms with Crippen molar-refractivity contribution in [1.29, 1.82) is 0 Å². The minimum absolute atomic E-state index is 0.0342. The summed E-state index contributed by atoms with van der Waals surface area (Å²) in [5, 5.41) is 2.72. The number of carbonyl (C=O) groups is 2. The molecule has 1 amide bonds. The van der Waals surface area contributed by atoms with Crippen LogP contribution in [0.2, 0.25) is 0 Å². The van der Waals surface area contributed by atoms with Crippen LogP contribution in [-0.4, -0.2) is 33.4 Å². The Morgan fingerprint density at radius 1 is 0.914 bits per heavy atom. The van der Waals surface area contributed by atoms with Gasteiger partial charge >= 0.3 is 0 Å². The maximum absolute atomic E-state index is 13.5. The molecule has 0 spiro atoms. The first-order chi connectivity index (χ1) is 16.6. The summed E-state index contributed by atoms with van der Waals surface area (Å²) in [7, 11) is -3.92. The second-order valence-corrected chi connectivity index (χ2v) is 10.2. The number of carbonyl (C=O) groups excluding carboxylic acids is 2. The van der Waals surface area contributed by atoms with E-state index in [9.17, 15) is 18.0 Å². The summed E-state index contributed by atoms with van der Waals surface area (Å²) in [6, 6.07) is 16.7. The van der Waals surface area contributed by atoms with Crippen LogP contribution in [0.5, 0.6) is 11.5 Å². The third-order valence-corrected chi connectivity index (χ3v) is 7.48. The molecule has 3 aromatic carbocycles. The van der Waals surface area contributed by atoms with Crippen molar-refractivity contribution in [1.82, 2.24) is 0 Å². The Bertz CT molecular complexity index is 1370. The number of amides is 1. The van der Waals surface area contributed by atoms with Crippen molar-refractivity contribution in [2.75, 3.05) is 23.0 Å². The SMILES string of the molecule is CC(=O)c1cc2c(cc1NC(=O)CCN(c1ccc(C)cc1)S(=O)(=O)c1ccc(C)cc1)OCO2. The van der Waals surface area contributed by atoms with Gasteiger partial charge in [0.1, 0.15) is 0 Å². The molecule has 35 heavy (non-hydrogen) atoms. The van der Waals surface area contributed by atoms with Crippen LogP contribution in [0.15, 0.2) is 65.6 Å². The van der Waals surface area contributed by atoms with Gasteiger partial charge < -0.3 is 14.8 Å². The van der Waals surface area contributed by atoms with Crippen molar-refractivity contribution in [2.24, 2.45) is 0 Å². The van der Waals surface area contributed by atoms with Gasteiger partial charge in [0.25, 0.3) is 10.0 Å². The Kier molecular flexibility index (Phi) is 6.79. The number of hydrogen-bond donors (Lipinski definition) is 1. The minimum Gasteiger partial charge on any atom is -0.454 e. The van der Waals surface area contributed by atoms with Crippen LogP contribution < -0.4 is 19.1 Å². The van der Waals surface area contributed by atoms with Gasteiger partial charge in [0.05, 0.1) is 16.3 Å². The lowest BCUT2D eigenvalue weighted by molar-refractivity contribution is -0.116. The van der Waals surface area contributed by atoms with Crippen LogP contribution >= 0.6 is 0 Å². The van der Waals surface area contributed by atoms with E-state index in [1.165, 1.54) is 23.4 Å². The fraction of sp³-hybridized carbons (Fsp3) is 0.231. The first-order valence-corrected chi connectivity index (χ1v) is 12.5. The number of nitrogens with zero attached hydrogens (tertiary/aromatic N) is 1. The number of fused-ring (bicyclic) bond motifs is 1. The molecule has 1 aliphatic rings. The summed E-state index contributed by atoms with van der Waals surface area (Å²) in [6.07, 6.45) is -0.134. The number of sulfonamides is 1. The van der Waals surface area contributed by atoms with Gasteiger partial charge in [-0.2, -0.15) is 0 Å². The van der Waals surface area contributed by atoms with E-state index in [4.69, 9.17) is 9.47 Å². The average molecular weight is 495 g/mol. The normalized spacial score (nSPS) is 12.3. The van der Waals surface area contributed by atoms with Crippen LogP contribution in [0, 0.1) is 13.8 Å². The lowest BCUT2D eigenvalue weighted by atomic mass is 10.1.